The van der Waals surface area contributed by atoms with Crippen LogP contribution in [-0.4, -0.2) is 27.1 Å². The van der Waals surface area contributed by atoms with Crippen molar-refractivity contribution in [3.8, 4) is 5.75 Å². The highest BCUT2D eigenvalue weighted by molar-refractivity contribution is 8.00. The molecule has 1 aromatic carbocycles. The van der Waals surface area contributed by atoms with Gasteiger partial charge in [-0.25, -0.2) is 4.79 Å². The topological polar surface area (TPSA) is 35.5 Å². The lowest BCUT2D eigenvalue weighted by molar-refractivity contribution is -0.147. The fourth-order valence-corrected chi connectivity index (χ4v) is 2.78. The molecule has 0 radical (unpaired) electrons. The molecule has 8 heteroatoms. The zero-order valence-electron chi connectivity index (χ0n) is 11.3. The van der Waals surface area contributed by atoms with Crippen molar-refractivity contribution in [1.29, 1.82) is 0 Å². The van der Waals surface area contributed by atoms with Crippen molar-refractivity contribution in [2.45, 2.75) is 28.3 Å². The van der Waals surface area contributed by atoms with Gasteiger partial charge in [-0.05, 0) is 24.3 Å². The molecule has 0 spiro atoms. The van der Waals surface area contributed by atoms with Gasteiger partial charge in [0.2, 0.25) is 3.79 Å². The molecule has 0 saturated carbocycles. The summed E-state index contributed by atoms with van der Waals surface area (Å²) in [5.74, 6) is -0.118. The summed E-state index contributed by atoms with van der Waals surface area (Å²) in [6.07, 6.45) is 0. The second kappa shape index (κ2) is 8.59. The van der Waals surface area contributed by atoms with Crippen LogP contribution < -0.4 is 4.74 Å². The summed E-state index contributed by atoms with van der Waals surface area (Å²) < 4.78 is 8.71. The Kier molecular flexibility index (Phi) is 7.79. The standard InChI is InChI=1S/C13H14Cl4O3S/c1-8(2)21-12(13(15,16)17)20-11(18)7-19-10-5-3-9(14)4-6-10/h3-6,8,12H,7H2,1-2H3. The van der Waals surface area contributed by atoms with Gasteiger partial charge < -0.3 is 9.47 Å². The predicted molar refractivity (Wildman–Crippen MR) is 89.8 cm³/mol. The summed E-state index contributed by atoms with van der Waals surface area (Å²) >= 11 is 24.4. The van der Waals surface area contributed by atoms with Gasteiger partial charge in [0, 0.05) is 10.3 Å². The number of rotatable bonds is 6. The van der Waals surface area contributed by atoms with Crippen LogP contribution in [0.25, 0.3) is 0 Å². The first-order valence-corrected chi connectivity index (χ1v) is 8.44. The third-order valence-corrected chi connectivity index (χ3v) is 4.55. The van der Waals surface area contributed by atoms with Crippen molar-refractivity contribution < 1.29 is 14.3 Å². The Balaban J connectivity index is 2.52. The molecule has 118 valence electrons. The van der Waals surface area contributed by atoms with E-state index in [0.717, 1.165) is 0 Å². The minimum atomic E-state index is -1.70. The smallest absolute Gasteiger partial charge is 0.345 e. The third kappa shape index (κ3) is 7.71. The first kappa shape index (κ1) is 19.0. The van der Waals surface area contributed by atoms with E-state index in [1.165, 1.54) is 11.8 Å². The van der Waals surface area contributed by atoms with Gasteiger partial charge in [0.1, 0.15) is 5.75 Å². The van der Waals surface area contributed by atoms with E-state index in [1.807, 2.05) is 13.8 Å². The molecule has 0 bridgehead atoms. The number of benzene rings is 1. The number of hydrogen-bond donors (Lipinski definition) is 0. The maximum absolute atomic E-state index is 11.8. The van der Waals surface area contributed by atoms with Gasteiger partial charge in [0.25, 0.3) is 0 Å². The van der Waals surface area contributed by atoms with Crippen LogP contribution in [0.4, 0.5) is 0 Å². The molecule has 1 rings (SSSR count). The van der Waals surface area contributed by atoms with E-state index in [9.17, 15) is 4.79 Å². The molecule has 0 amide bonds. The van der Waals surface area contributed by atoms with E-state index >= 15 is 0 Å². The maximum atomic E-state index is 11.8. The van der Waals surface area contributed by atoms with Crippen LogP contribution in [-0.2, 0) is 9.53 Å². The molecule has 0 aliphatic carbocycles. The Morgan fingerprint density at radius 1 is 1.24 bits per heavy atom. The van der Waals surface area contributed by atoms with Crippen molar-refractivity contribution in [2.24, 2.45) is 0 Å². The fourth-order valence-electron chi connectivity index (χ4n) is 1.25. The van der Waals surface area contributed by atoms with Crippen LogP contribution in [0.1, 0.15) is 13.8 Å². The van der Waals surface area contributed by atoms with Gasteiger partial charge in [-0.3, -0.25) is 0 Å². The average Bonchev–Trinajstić information content (AvgIpc) is 2.36. The zero-order valence-corrected chi connectivity index (χ0v) is 15.2. The molecule has 1 aromatic rings. The van der Waals surface area contributed by atoms with Crippen molar-refractivity contribution in [3.63, 3.8) is 0 Å². The van der Waals surface area contributed by atoms with E-state index in [0.29, 0.717) is 10.8 Å². The molecule has 0 aliphatic rings. The Labute approximate surface area is 148 Å². The summed E-state index contributed by atoms with van der Waals surface area (Å²) in [5.41, 5.74) is -0.899. The Hall–Kier alpha value is -0.000000000000000111. The molecular formula is C13H14Cl4O3S. The second-order valence-corrected chi connectivity index (χ2v) is 8.74. The molecule has 0 N–H and O–H groups in total. The number of carbonyl (C=O) groups excluding carboxylic acids is 1. The molecule has 1 atom stereocenters. The van der Waals surface area contributed by atoms with Gasteiger partial charge >= 0.3 is 5.97 Å². The largest absolute Gasteiger partial charge is 0.482 e. The van der Waals surface area contributed by atoms with Crippen molar-refractivity contribution in [2.75, 3.05) is 6.61 Å². The van der Waals surface area contributed by atoms with Crippen LogP contribution >= 0.6 is 58.2 Å². The van der Waals surface area contributed by atoms with Crippen molar-refractivity contribution in [1.82, 2.24) is 0 Å². The normalized spacial score (nSPS) is 13.1. The number of carbonyl (C=O) groups is 1. The van der Waals surface area contributed by atoms with Crippen LogP contribution in [0.5, 0.6) is 5.75 Å². The van der Waals surface area contributed by atoms with Gasteiger partial charge in [-0.15, -0.1) is 11.8 Å². The molecule has 0 fully saturated rings. The monoisotopic (exact) mass is 390 g/mol. The van der Waals surface area contributed by atoms with Gasteiger partial charge in [-0.1, -0.05) is 60.3 Å². The summed E-state index contributed by atoms with van der Waals surface area (Å²) in [6, 6.07) is 6.59. The maximum Gasteiger partial charge on any atom is 0.345 e. The highest BCUT2D eigenvalue weighted by atomic mass is 35.6. The minimum absolute atomic E-state index is 0.135. The first-order chi connectivity index (χ1) is 9.68. The number of esters is 1. The highest BCUT2D eigenvalue weighted by Crippen LogP contribution is 2.39. The van der Waals surface area contributed by atoms with Gasteiger partial charge in [0.15, 0.2) is 12.0 Å². The third-order valence-electron chi connectivity index (χ3n) is 2.07. The van der Waals surface area contributed by atoms with E-state index in [-0.39, 0.29) is 11.9 Å². The Bertz CT molecular complexity index is 459. The Morgan fingerprint density at radius 2 is 1.81 bits per heavy atom. The van der Waals surface area contributed by atoms with Crippen LogP contribution in [0.2, 0.25) is 5.02 Å². The molecule has 1 unspecified atom stereocenters. The summed E-state index contributed by atoms with van der Waals surface area (Å²) in [6.45, 7) is 3.54. The van der Waals surface area contributed by atoms with Crippen molar-refractivity contribution >= 4 is 64.1 Å². The lowest BCUT2D eigenvalue weighted by Gasteiger charge is -2.25. The first-order valence-electron chi connectivity index (χ1n) is 5.98. The number of ether oxygens (including phenoxy) is 2. The van der Waals surface area contributed by atoms with Crippen LogP contribution in [0.3, 0.4) is 0 Å². The van der Waals surface area contributed by atoms with E-state index in [1.54, 1.807) is 24.3 Å². The summed E-state index contributed by atoms with van der Waals surface area (Å²) in [4.78, 5) is 11.8. The Morgan fingerprint density at radius 3 is 2.29 bits per heavy atom. The molecule has 0 aromatic heterocycles. The molecular weight excluding hydrogens is 378 g/mol. The fraction of sp³-hybridized carbons (Fsp3) is 0.462. The number of thioether (sulfide) groups is 1. The molecule has 21 heavy (non-hydrogen) atoms. The molecule has 0 heterocycles. The van der Waals surface area contributed by atoms with Crippen LogP contribution in [0, 0.1) is 0 Å². The summed E-state index contributed by atoms with van der Waals surface area (Å²) in [7, 11) is 0. The van der Waals surface area contributed by atoms with Crippen LogP contribution in [0.15, 0.2) is 24.3 Å². The highest BCUT2D eigenvalue weighted by Gasteiger charge is 2.37. The van der Waals surface area contributed by atoms with E-state index in [2.05, 4.69) is 0 Å². The molecule has 0 aliphatic heterocycles. The van der Waals surface area contributed by atoms with Gasteiger partial charge in [-0.2, -0.15) is 0 Å². The summed E-state index contributed by atoms with van der Waals surface area (Å²) in [5, 5.41) is 0.713. The van der Waals surface area contributed by atoms with E-state index in [4.69, 9.17) is 55.9 Å². The zero-order chi connectivity index (χ0) is 16.0. The predicted octanol–water partition coefficient (Wildman–Crippen LogP) is 5.10. The minimum Gasteiger partial charge on any atom is -0.482 e. The lowest BCUT2D eigenvalue weighted by atomic mass is 10.3. The number of halogens is 4. The number of hydrogen-bond acceptors (Lipinski definition) is 4. The molecule has 3 nitrogen and oxygen atoms in total. The average molecular weight is 392 g/mol. The van der Waals surface area contributed by atoms with E-state index < -0.39 is 15.2 Å². The lowest BCUT2D eigenvalue weighted by Crippen LogP contribution is -2.31. The second-order valence-electron chi connectivity index (χ2n) is 4.29. The van der Waals surface area contributed by atoms with Crippen molar-refractivity contribution in [3.05, 3.63) is 29.3 Å². The SMILES string of the molecule is CC(C)SC(OC(=O)COc1ccc(Cl)cc1)C(Cl)(Cl)Cl. The van der Waals surface area contributed by atoms with Gasteiger partial charge in [0.05, 0.1) is 0 Å². The quantitative estimate of drug-likeness (QED) is 0.384. The molecule has 0 saturated heterocycles. The number of alkyl halides is 3.